The highest BCUT2D eigenvalue weighted by Gasteiger charge is 2.72. The second-order valence-corrected chi connectivity index (χ2v) is 10.7. The van der Waals surface area contributed by atoms with Crippen LogP contribution in [0.1, 0.15) is 48.1 Å². The first-order chi connectivity index (χ1) is 20.4. The van der Waals surface area contributed by atoms with Crippen LogP contribution in [0.3, 0.4) is 0 Å². The second-order valence-electron chi connectivity index (χ2n) is 10.7. The van der Waals surface area contributed by atoms with E-state index in [9.17, 15) is 18.8 Å². The fraction of sp³-hybridized carbons (Fsp3) is 0.171. The molecule has 208 valence electrons. The standard InChI is InChI=1S/C35H26FNO5/c1-41-27-13-7-11-25(32(27)42-2)29-30(31(38)21-14-17-22(36)18-15-21)37-26-12-6-3-8-20(26)16-19-28(37)35(29)33(39)23-9-4-5-10-24(23)34(35)40/h3-19,28-30H,1-2H3/t28-,29+,30+/m0/s1. The van der Waals surface area contributed by atoms with Crippen molar-refractivity contribution in [2.24, 2.45) is 5.41 Å². The Morgan fingerprint density at radius 2 is 1.48 bits per heavy atom. The molecule has 2 aliphatic heterocycles. The Bertz CT molecular complexity index is 1780. The van der Waals surface area contributed by atoms with Gasteiger partial charge in [-0.15, -0.1) is 0 Å². The molecule has 1 aliphatic carbocycles. The summed E-state index contributed by atoms with van der Waals surface area (Å²) in [5.74, 6) is -1.72. The van der Waals surface area contributed by atoms with Crippen molar-refractivity contribution < 1.29 is 28.2 Å². The van der Waals surface area contributed by atoms with Crippen LogP contribution in [0, 0.1) is 11.2 Å². The maximum Gasteiger partial charge on any atom is 0.185 e. The predicted octanol–water partition coefficient (Wildman–Crippen LogP) is 6.16. The van der Waals surface area contributed by atoms with Crippen molar-refractivity contribution in [1.82, 2.24) is 0 Å². The zero-order chi connectivity index (χ0) is 29.2. The summed E-state index contributed by atoms with van der Waals surface area (Å²) in [7, 11) is 3.01. The SMILES string of the molecule is COc1cccc([C@@H]2[C@H](C(=O)c3ccc(F)cc3)N3c4ccccc4C=C[C@H]3C23C(=O)c2ccccc2C3=O)c1OC. The summed E-state index contributed by atoms with van der Waals surface area (Å²) < 4.78 is 25.4. The molecular formula is C35H26FNO5. The van der Waals surface area contributed by atoms with Crippen LogP contribution in [0.2, 0.25) is 0 Å². The van der Waals surface area contributed by atoms with E-state index in [1.54, 1.807) is 42.5 Å². The van der Waals surface area contributed by atoms with Crippen LogP contribution in [0.15, 0.2) is 97.1 Å². The highest BCUT2D eigenvalue weighted by atomic mass is 19.1. The van der Waals surface area contributed by atoms with Gasteiger partial charge in [0, 0.05) is 33.9 Å². The number of benzene rings is 4. The van der Waals surface area contributed by atoms with Gasteiger partial charge in [0.1, 0.15) is 17.3 Å². The molecule has 0 radical (unpaired) electrons. The Kier molecular flexibility index (Phi) is 5.87. The molecule has 3 aliphatic rings. The van der Waals surface area contributed by atoms with Crippen molar-refractivity contribution in [2.75, 3.05) is 19.1 Å². The molecule has 0 amide bonds. The molecule has 6 nitrogen and oxygen atoms in total. The first kappa shape index (κ1) is 25.9. The fourth-order valence-corrected chi connectivity index (χ4v) is 7.20. The van der Waals surface area contributed by atoms with E-state index >= 15 is 0 Å². The Morgan fingerprint density at radius 1 is 0.810 bits per heavy atom. The monoisotopic (exact) mass is 559 g/mol. The number of para-hydroxylation sites is 2. The van der Waals surface area contributed by atoms with Gasteiger partial charge in [-0.3, -0.25) is 14.4 Å². The van der Waals surface area contributed by atoms with E-state index in [4.69, 9.17) is 9.47 Å². The molecule has 0 unspecified atom stereocenters. The van der Waals surface area contributed by atoms with Crippen LogP contribution >= 0.6 is 0 Å². The first-order valence-corrected chi connectivity index (χ1v) is 13.7. The highest BCUT2D eigenvalue weighted by molar-refractivity contribution is 6.32. The van der Waals surface area contributed by atoms with Gasteiger partial charge in [0.2, 0.25) is 0 Å². The topological polar surface area (TPSA) is 72.9 Å². The number of halogens is 1. The number of methoxy groups -OCH3 is 2. The third-order valence-corrected chi connectivity index (χ3v) is 8.88. The van der Waals surface area contributed by atoms with E-state index in [1.165, 1.54) is 38.5 Å². The Morgan fingerprint density at radius 3 is 2.14 bits per heavy atom. The minimum absolute atomic E-state index is 0.270. The summed E-state index contributed by atoms with van der Waals surface area (Å²) in [4.78, 5) is 46.2. The van der Waals surface area contributed by atoms with E-state index in [1.807, 2.05) is 41.3 Å². The minimum Gasteiger partial charge on any atom is -0.493 e. The molecule has 0 aromatic heterocycles. The maximum atomic E-state index is 14.8. The lowest BCUT2D eigenvalue weighted by atomic mass is 9.64. The third-order valence-electron chi connectivity index (χ3n) is 8.88. The molecule has 42 heavy (non-hydrogen) atoms. The molecule has 2 heterocycles. The lowest BCUT2D eigenvalue weighted by molar-refractivity contribution is 0.0664. The molecule has 0 N–H and O–H groups in total. The molecule has 7 heteroatoms. The molecular weight excluding hydrogens is 533 g/mol. The largest absolute Gasteiger partial charge is 0.493 e. The van der Waals surface area contributed by atoms with Crippen molar-refractivity contribution in [3.05, 3.63) is 131 Å². The average molecular weight is 560 g/mol. The molecule has 7 rings (SSSR count). The smallest absolute Gasteiger partial charge is 0.185 e. The second kappa shape index (κ2) is 9.52. The number of carbonyl (C=O) groups excluding carboxylic acids is 3. The number of Topliss-reactive ketones (excluding diaryl/α,β-unsaturated/α-hetero) is 3. The Hall–Kier alpha value is -5.04. The molecule has 3 atom stereocenters. The summed E-state index contributed by atoms with van der Waals surface area (Å²) in [5.41, 5.74) is 1.33. The zero-order valence-corrected chi connectivity index (χ0v) is 22.9. The van der Waals surface area contributed by atoms with Gasteiger partial charge in [-0.2, -0.15) is 0 Å². The van der Waals surface area contributed by atoms with Crippen molar-refractivity contribution in [2.45, 2.75) is 18.0 Å². The predicted molar refractivity (Wildman–Crippen MR) is 156 cm³/mol. The first-order valence-electron chi connectivity index (χ1n) is 13.7. The van der Waals surface area contributed by atoms with Crippen LogP contribution in [0.25, 0.3) is 6.08 Å². The van der Waals surface area contributed by atoms with E-state index in [2.05, 4.69) is 0 Å². The highest BCUT2D eigenvalue weighted by Crippen LogP contribution is 2.62. The molecule has 0 saturated carbocycles. The zero-order valence-electron chi connectivity index (χ0n) is 22.9. The van der Waals surface area contributed by atoms with Gasteiger partial charge in [-0.1, -0.05) is 66.7 Å². The van der Waals surface area contributed by atoms with Crippen LogP contribution in [-0.4, -0.2) is 43.7 Å². The van der Waals surface area contributed by atoms with Crippen molar-refractivity contribution in [3.63, 3.8) is 0 Å². The maximum absolute atomic E-state index is 14.8. The summed E-state index contributed by atoms with van der Waals surface area (Å²) in [6.45, 7) is 0. The average Bonchev–Trinajstić information content (AvgIpc) is 3.46. The van der Waals surface area contributed by atoms with E-state index < -0.39 is 29.2 Å². The van der Waals surface area contributed by atoms with Gasteiger partial charge in [0.05, 0.1) is 20.3 Å². The quantitative estimate of drug-likeness (QED) is 0.216. The van der Waals surface area contributed by atoms with Gasteiger partial charge < -0.3 is 14.4 Å². The molecule has 1 spiro atoms. The number of rotatable bonds is 5. The third kappa shape index (κ3) is 3.33. The summed E-state index contributed by atoms with van der Waals surface area (Å²) >= 11 is 0. The van der Waals surface area contributed by atoms with Crippen LogP contribution in [0.4, 0.5) is 10.1 Å². The van der Waals surface area contributed by atoms with Gasteiger partial charge in [0.15, 0.2) is 28.8 Å². The summed E-state index contributed by atoms with van der Waals surface area (Å²) in [6.07, 6.45) is 3.77. The lowest BCUT2D eigenvalue weighted by Crippen LogP contribution is -2.48. The lowest BCUT2D eigenvalue weighted by Gasteiger charge is -2.37. The molecule has 4 aromatic carbocycles. The molecule has 4 aromatic rings. The van der Waals surface area contributed by atoms with Gasteiger partial charge in [-0.05, 0) is 42.0 Å². The van der Waals surface area contributed by atoms with Crippen LogP contribution in [-0.2, 0) is 0 Å². The Labute approximate surface area is 242 Å². The summed E-state index contributed by atoms with van der Waals surface area (Å²) in [6, 6.07) is 23.3. The number of fused-ring (bicyclic) bond motifs is 5. The van der Waals surface area contributed by atoms with Crippen LogP contribution in [0.5, 0.6) is 11.5 Å². The van der Waals surface area contributed by atoms with E-state index in [-0.39, 0.29) is 22.9 Å². The number of ketones is 3. The fourth-order valence-electron chi connectivity index (χ4n) is 7.20. The number of carbonyl (C=O) groups is 3. The van der Waals surface area contributed by atoms with Gasteiger partial charge >= 0.3 is 0 Å². The van der Waals surface area contributed by atoms with Crippen molar-refractivity contribution >= 4 is 29.1 Å². The summed E-state index contributed by atoms with van der Waals surface area (Å²) in [5, 5.41) is 0. The number of hydrogen-bond acceptors (Lipinski definition) is 6. The normalized spacial score (nSPS) is 21.2. The van der Waals surface area contributed by atoms with E-state index in [0.717, 1.165) is 11.3 Å². The molecule has 1 saturated heterocycles. The Balaban J connectivity index is 1.58. The van der Waals surface area contributed by atoms with Gasteiger partial charge in [0.25, 0.3) is 0 Å². The molecule has 1 fully saturated rings. The van der Waals surface area contributed by atoms with Crippen molar-refractivity contribution in [3.8, 4) is 11.5 Å². The van der Waals surface area contributed by atoms with Gasteiger partial charge in [-0.25, -0.2) is 4.39 Å². The number of anilines is 1. The number of nitrogens with zero attached hydrogens (tertiary/aromatic N) is 1. The molecule has 0 bridgehead atoms. The van der Waals surface area contributed by atoms with Crippen LogP contribution < -0.4 is 14.4 Å². The minimum atomic E-state index is -1.69. The van der Waals surface area contributed by atoms with E-state index in [0.29, 0.717) is 28.2 Å². The van der Waals surface area contributed by atoms with Crippen molar-refractivity contribution in [1.29, 1.82) is 0 Å². The number of hydrogen-bond donors (Lipinski definition) is 0. The number of ether oxygens (including phenoxy) is 2.